The third-order valence-corrected chi connectivity index (χ3v) is 3.53. The average molecular weight is 252 g/mol. The molecule has 6 nitrogen and oxygen atoms in total. The van der Waals surface area contributed by atoms with E-state index in [1.165, 1.54) is 0 Å². The quantitative estimate of drug-likeness (QED) is 0.844. The topological polar surface area (TPSA) is 70.4 Å². The molecule has 0 aliphatic heterocycles. The summed E-state index contributed by atoms with van der Waals surface area (Å²) in [5.41, 5.74) is 0. The van der Waals surface area contributed by atoms with Gasteiger partial charge in [0.15, 0.2) is 0 Å². The summed E-state index contributed by atoms with van der Waals surface area (Å²) in [4.78, 5) is 13.6. The summed E-state index contributed by atoms with van der Waals surface area (Å²) in [6.45, 7) is 0.588. The summed E-state index contributed by atoms with van der Waals surface area (Å²) in [6, 6.07) is 1.58. The molecule has 6 heteroatoms. The highest BCUT2D eigenvalue weighted by Crippen LogP contribution is 2.26. The van der Waals surface area contributed by atoms with E-state index in [1.807, 2.05) is 0 Å². The zero-order valence-electron chi connectivity index (χ0n) is 10.8. The second-order valence-electron chi connectivity index (χ2n) is 4.91. The Kier molecular flexibility index (Phi) is 3.86. The van der Waals surface area contributed by atoms with Crippen molar-refractivity contribution in [1.29, 1.82) is 0 Å². The first-order valence-electron chi connectivity index (χ1n) is 6.26. The van der Waals surface area contributed by atoms with Crippen LogP contribution < -0.4 is 5.32 Å². The van der Waals surface area contributed by atoms with Crippen molar-refractivity contribution in [2.24, 2.45) is 13.0 Å². The van der Waals surface area contributed by atoms with Gasteiger partial charge >= 0.3 is 6.03 Å². The van der Waals surface area contributed by atoms with Gasteiger partial charge in [0, 0.05) is 32.6 Å². The fourth-order valence-electron chi connectivity index (χ4n) is 2.37. The van der Waals surface area contributed by atoms with Crippen molar-refractivity contribution < 1.29 is 9.90 Å². The van der Waals surface area contributed by atoms with Crippen molar-refractivity contribution in [2.45, 2.75) is 25.4 Å². The van der Waals surface area contributed by atoms with Gasteiger partial charge in [-0.15, -0.1) is 0 Å². The molecule has 1 aliphatic rings. The van der Waals surface area contributed by atoms with E-state index in [4.69, 9.17) is 0 Å². The van der Waals surface area contributed by atoms with Crippen LogP contribution in [0.5, 0.6) is 0 Å². The van der Waals surface area contributed by atoms with Crippen molar-refractivity contribution in [3.8, 4) is 0 Å². The molecule has 0 unspecified atom stereocenters. The monoisotopic (exact) mass is 252 g/mol. The van der Waals surface area contributed by atoms with Gasteiger partial charge in [-0.05, 0) is 12.8 Å². The molecular formula is C12H20N4O2. The van der Waals surface area contributed by atoms with Crippen LogP contribution in [0.25, 0.3) is 0 Å². The predicted octanol–water partition coefficient (Wildman–Crippen LogP) is 1.04. The minimum Gasteiger partial charge on any atom is -0.393 e. The smallest absolute Gasteiger partial charge is 0.322 e. The zero-order chi connectivity index (χ0) is 13.1. The number of carbonyl (C=O) groups excluding carboxylic acids is 1. The lowest BCUT2D eigenvalue weighted by Crippen LogP contribution is -2.37. The molecule has 100 valence electrons. The van der Waals surface area contributed by atoms with Crippen LogP contribution in [-0.4, -0.2) is 45.5 Å². The van der Waals surface area contributed by atoms with Crippen LogP contribution in [-0.2, 0) is 7.05 Å². The number of aliphatic hydroxyl groups excluding tert-OH is 1. The highest BCUT2D eigenvalue weighted by Gasteiger charge is 2.27. The molecule has 1 aromatic rings. The largest absolute Gasteiger partial charge is 0.393 e. The van der Waals surface area contributed by atoms with E-state index in [0.717, 1.165) is 19.3 Å². The molecule has 1 saturated carbocycles. The summed E-state index contributed by atoms with van der Waals surface area (Å²) in [7, 11) is 3.52. The highest BCUT2D eigenvalue weighted by atomic mass is 16.3. The molecule has 1 fully saturated rings. The number of nitrogens with zero attached hydrogens (tertiary/aromatic N) is 3. The van der Waals surface area contributed by atoms with E-state index < -0.39 is 0 Å². The molecule has 2 N–H and O–H groups in total. The molecule has 0 spiro atoms. The Balaban J connectivity index is 1.87. The van der Waals surface area contributed by atoms with Crippen LogP contribution in [0, 0.1) is 5.92 Å². The number of anilines is 1. The maximum atomic E-state index is 11.9. The average Bonchev–Trinajstić information content (AvgIpc) is 2.90. The van der Waals surface area contributed by atoms with E-state index in [-0.39, 0.29) is 18.1 Å². The second-order valence-corrected chi connectivity index (χ2v) is 4.91. The van der Waals surface area contributed by atoms with E-state index in [2.05, 4.69) is 10.4 Å². The maximum Gasteiger partial charge on any atom is 0.322 e. The summed E-state index contributed by atoms with van der Waals surface area (Å²) >= 11 is 0. The van der Waals surface area contributed by atoms with Crippen molar-refractivity contribution in [3.05, 3.63) is 12.3 Å². The second kappa shape index (κ2) is 5.39. The molecule has 1 heterocycles. The van der Waals surface area contributed by atoms with Gasteiger partial charge in [-0.1, -0.05) is 6.42 Å². The summed E-state index contributed by atoms with van der Waals surface area (Å²) < 4.78 is 1.61. The molecule has 1 aromatic heterocycles. The Bertz CT molecular complexity index is 418. The van der Waals surface area contributed by atoms with Crippen LogP contribution in [0.15, 0.2) is 12.3 Å². The van der Waals surface area contributed by atoms with Crippen molar-refractivity contribution in [2.75, 3.05) is 18.9 Å². The fourth-order valence-corrected chi connectivity index (χ4v) is 2.37. The Morgan fingerprint density at radius 1 is 1.67 bits per heavy atom. The molecule has 0 bridgehead atoms. The molecule has 1 aliphatic carbocycles. The van der Waals surface area contributed by atoms with Crippen molar-refractivity contribution in [1.82, 2.24) is 14.7 Å². The van der Waals surface area contributed by atoms with Crippen molar-refractivity contribution >= 4 is 11.8 Å². The minimum atomic E-state index is -0.267. The highest BCUT2D eigenvalue weighted by molar-refractivity contribution is 5.88. The predicted molar refractivity (Wildman–Crippen MR) is 68.2 cm³/mol. The van der Waals surface area contributed by atoms with E-state index >= 15 is 0 Å². The molecule has 0 saturated heterocycles. The van der Waals surface area contributed by atoms with Gasteiger partial charge in [-0.2, -0.15) is 5.10 Å². The minimum absolute atomic E-state index is 0.169. The fraction of sp³-hybridized carbons (Fsp3) is 0.667. The number of rotatable bonds is 3. The lowest BCUT2D eigenvalue weighted by molar-refractivity contribution is 0.116. The molecular weight excluding hydrogens is 232 g/mol. The van der Waals surface area contributed by atoms with E-state index in [9.17, 15) is 9.90 Å². The Morgan fingerprint density at radius 2 is 2.44 bits per heavy atom. The number of amides is 2. The van der Waals surface area contributed by atoms with Crippen LogP contribution in [0.2, 0.25) is 0 Å². The number of urea groups is 1. The van der Waals surface area contributed by atoms with Gasteiger partial charge in [0.25, 0.3) is 0 Å². The number of aromatic nitrogens is 2. The lowest BCUT2D eigenvalue weighted by Gasteiger charge is -2.23. The summed E-state index contributed by atoms with van der Waals surface area (Å²) in [5.74, 6) is 0.867. The molecule has 2 amide bonds. The van der Waals surface area contributed by atoms with E-state index in [0.29, 0.717) is 12.4 Å². The maximum absolute atomic E-state index is 11.9. The van der Waals surface area contributed by atoms with Gasteiger partial charge in [0.2, 0.25) is 0 Å². The van der Waals surface area contributed by atoms with Crippen LogP contribution in [0.3, 0.4) is 0 Å². The third kappa shape index (κ3) is 2.81. The first kappa shape index (κ1) is 12.9. The van der Waals surface area contributed by atoms with Gasteiger partial charge in [-0.3, -0.25) is 10.00 Å². The number of carbonyl (C=O) groups is 1. The zero-order valence-corrected chi connectivity index (χ0v) is 10.8. The Morgan fingerprint density at radius 3 is 3.00 bits per heavy atom. The van der Waals surface area contributed by atoms with Gasteiger partial charge < -0.3 is 10.0 Å². The van der Waals surface area contributed by atoms with Crippen molar-refractivity contribution in [3.63, 3.8) is 0 Å². The van der Waals surface area contributed by atoms with Crippen LogP contribution in [0.4, 0.5) is 10.6 Å². The van der Waals surface area contributed by atoms with Crippen LogP contribution in [0.1, 0.15) is 19.3 Å². The van der Waals surface area contributed by atoms with Gasteiger partial charge in [-0.25, -0.2) is 4.79 Å². The van der Waals surface area contributed by atoms with Gasteiger partial charge in [0.05, 0.1) is 12.3 Å². The Hall–Kier alpha value is -1.56. The molecule has 0 aromatic carbocycles. The lowest BCUT2D eigenvalue weighted by atomic mass is 10.1. The standard InChI is InChI=1S/C12H20N4O2/c1-15(8-9-4-3-5-10(9)17)12(18)14-11-6-7-13-16(11)2/h6-7,9-10,17H,3-5,8H2,1-2H3,(H,14,18)/t9-,10+/m0/s1. The molecule has 0 radical (unpaired) electrons. The Labute approximate surface area is 107 Å². The molecule has 2 rings (SSSR count). The number of aryl methyl sites for hydroxylation is 1. The number of nitrogens with one attached hydrogen (secondary N) is 1. The SMILES string of the molecule is CN(C[C@@H]1CCC[C@H]1O)C(=O)Nc1ccnn1C. The third-order valence-electron chi connectivity index (χ3n) is 3.53. The number of aliphatic hydroxyl groups is 1. The van der Waals surface area contributed by atoms with E-state index in [1.54, 1.807) is 35.9 Å². The normalized spacial score (nSPS) is 23.1. The number of hydrogen-bond acceptors (Lipinski definition) is 3. The first-order chi connectivity index (χ1) is 8.58. The first-order valence-corrected chi connectivity index (χ1v) is 6.26. The molecule has 2 atom stereocenters. The summed E-state index contributed by atoms with van der Waals surface area (Å²) in [6.07, 6.45) is 4.25. The molecule has 18 heavy (non-hydrogen) atoms. The number of hydrogen-bond donors (Lipinski definition) is 2. The van der Waals surface area contributed by atoms with Gasteiger partial charge in [0.1, 0.15) is 5.82 Å². The summed E-state index contributed by atoms with van der Waals surface area (Å²) in [5, 5.41) is 16.5. The van der Waals surface area contributed by atoms with Crippen LogP contribution >= 0.6 is 0 Å².